The van der Waals surface area contributed by atoms with Crippen molar-refractivity contribution in [3.63, 3.8) is 0 Å². The molecule has 0 aliphatic heterocycles. The lowest BCUT2D eigenvalue weighted by atomic mass is 10.1. The average Bonchev–Trinajstić information content (AvgIpc) is 3.15. The number of unbranched alkanes of at least 4 members (excludes halogenated alkanes) is 15. The third-order valence-corrected chi connectivity index (χ3v) is 10.0. The molecular weight excluding hydrogens is 725 g/mol. The molecule has 0 radical (unpaired) electrons. The number of hydrogen-bond donors (Lipinski definition) is 1. The molecule has 0 saturated carbocycles. The maximum atomic E-state index is 12.7. The molecule has 0 saturated heterocycles. The lowest BCUT2D eigenvalue weighted by Crippen LogP contribution is -2.37. The van der Waals surface area contributed by atoms with Crippen molar-refractivity contribution in [2.75, 3.05) is 47.5 Å². The van der Waals surface area contributed by atoms with Crippen LogP contribution in [0.3, 0.4) is 0 Å². The summed E-state index contributed by atoms with van der Waals surface area (Å²) in [6, 6.07) is 0. The van der Waals surface area contributed by atoms with Crippen molar-refractivity contribution in [1.29, 1.82) is 0 Å². The van der Waals surface area contributed by atoms with Gasteiger partial charge in [-0.2, -0.15) is 0 Å². The first-order chi connectivity index (χ1) is 27.0. The van der Waals surface area contributed by atoms with E-state index < -0.39 is 32.5 Å². The lowest BCUT2D eigenvalue weighted by molar-refractivity contribution is -0.870. The van der Waals surface area contributed by atoms with E-state index >= 15 is 0 Å². The largest absolute Gasteiger partial charge is 0.472 e. The van der Waals surface area contributed by atoms with Crippen LogP contribution in [-0.2, 0) is 32.7 Å². The fourth-order valence-corrected chi connectivity index (χ4v) is 6.26. The first-order valence-electron chi connectivity index (χ1n) is 22.0. The van der Waals surface area contributed by atoms with Crippen LogP contribution in [0.4, 0.5) is 0 Å². The molecule has 0 bridgehead atoms. The smallest absolute Gasteiger partial charge is 0.462 e. The zero-order valence-corrected chi connectivity index (χ0v) is 37.2. The molecule has 0 fully saturated rings. The summed E-state index contributed by atoms with van der Waals surface area (Å²) in [5, 5.41) is 0. The molecule has 0 rings (SSSR count). The second-order valence-corrected chi connectivity index (χ2v) is 17.2. The highest BCUT2D eigenvalue weighted by Crippen LogP contribution is 2.43. The van der Waals surface area contributed by atoms with Crippen molar-refractivity contribution in [3.05, 3.63) is 60.8 Å². The predicted octanol–water partition coefficient (Wildman–Crippen LogP) is 12.5. The number of hydrogen-bond acceptors (Lipinski definition) is 7. The van der Waals surface area contributed by atoms with Gasteiger partial charge in [0, 0.05) is 12.8 Å². The van der Waals surface area contributed by atoms with Gasteiger partial charge in [0.2, 0.25) is 0 Å². The zero-order chi connectivity index (χ0) is 41.4. The minimum Gasteiger partial charge on any atom is -0.462 e. The normalized spacial score (nSPS) is 14.2. The van der Waals surface area contributed by atoms with E-state index in [0.717, 1.165) is 64.2 Å². The van der Waals surface area contributed by atoms with Crippen molar-refractivity contribution in [3.8, 4) is 0 Å². The van der Waals surface area contributed by atoms with Crippen molar-refractivity contribution in [1.82, 2.24) is 0 Å². The molecule has 0 spiro atoms. The second kappa shape index (κ2) is 38.2. The third-order valence-electron chi connectivity index (χ3n) is 9.02. The number of carbonyl (C=O) groups is 2. The molecule has 0 aromatic heterocycles. The van der Waals surface area contributed by atoms with Crippen LogP contribution >= 0.6 is 7.82 Å². The van der Waals surface area contributed by atoms with E-state index in [1.165, 1.54) is 64.2 Å². The van der Waals surface area contributed by atoms with Gasteiger partial charge in [-0.05, 0) is 83.5 Å². The van der Waals surface area contributed by atoms with Gasteiger partial charge in [0.25, 0.3) is 0 Å². The SMILES string of the molecule is CCCCC/C=C/C/C=C/C/C=C/CCCCC(=O)OC[C@H](COP(=O)(O)OCC[N+](C)(C)C)OC(=O)CCCCCCCCC/C=C/C/C=C/CCCCC. The minimum absolute atomic E-state index is 0.0215. The van der Waals surface area contributed by atoms with Gasteiger partial charge in [0.05, 0.1) is 27.7 Å². The van der Waals surface area contributed by atoms with Crippen molar-refractivity contribution >= 4 is 19.8 Å². The Morgan fingerprint density at radius 3 is 1.46 bits per heavy atom. The number of nitrogens with zero attached hydrogens (tertiary/aromatic N) is 1. The summed E-state index contributed by atoms with van der Waals surface area (Å²) in [6.07, 6.45) is 45.5. The highest BCUT2D eigenvalue weighted by Gasteiger charge is 2.27. The quantitative estimate of drug-likeness (QED) is 0.0215. The van der Waals surface area contributed by atoms with Gasteiger partial charge < -0.3 is 18.9 Å². The summed E-state index contributed by atoms with van der Waals surface area (Å²) in [5.74, 6) is -0.857. The number of rotatable bonds is 39. The maximum Gasteiger partial charge on any atom is 0.472 e. The fourth-order valence-electron chi connectivity index (χ4n) is 5.52. The maximum absolute atomic E-state index is 12.7. The van der Waals surface area contributed by atoms with Crippen LogP contribution in [0.15, 0.2) is 60.8 Å². The second-order valence-electron chi connectivity index (χ2n) is 15.7. The molecule has 0 aromatic carbocycles. The number of likely N-dealkylation sites (N-methyl/N-ethyl adjacent to an activating group) is 1. The van der Waals surface area contributed by atoms with Crippen LogP contribution in [0, 0.1) is 0 Å². The molecule has 0 heterocycles. The van der Waals surface area contributed by atoms with Crippen LogP contribution in [0.5, 0.6) is 0 Å². The first kappa shape index (κ1) is 53.7. The van der Waals surface area contributed by atoms with Crippen LogP contribution in [0.25, 0.3) is 0 Å². The van der Waals surface area contributed by atoms with E-state index in [2.05, 4.69) is 74.6 Å². The van der Waals surface area contributed by atoms with Crippen LogP contribution in [-0.4, -0.2) is 74.9 Å². The Kier molecular flexibility index (Phi) is 36.7. The van der Waals surface area contributed by atoms with E-state index in [9.17, 15) is 19.0 Å². The van der Waals surface area contributed by atoms with Gasteiger partial charge in [0.1, 0.15) is 19.8 Å². The molecule has 56 heavy (non-hydrogen) atoms. The lowest BCUT2D eigenvalue weighted by Gasteiger charge is -2.24. The van der Waals surface area contributed by atoms with Gasteiger partial charge in [-0.1, -0.05) is 132 Å². The molecule has 0 amide bonds. The number of phosphoric acid groups is 1. The first-order valence-corrected chi connectivity index (χ1v) is 23.5. The summed E-state index contributed by atoms with van der Waals surface area (Å²) >= 11 is 0. The van der Waals surface area contributed by atoms with Crippen LogP contribution in [0.2, 0.25) is 0 Å². The molecule has 1 N–H and O–H groups in total. The number of phosphoric ester groups is 1. The number of ether oxygens (including phenoxy) is 2. The fraction of sp³-hybridized carbons (Fsp3) is 0.739. The van der Waals surface area contributed by atoms with Crippen LogP contribution < -0.4 is 0 Å². The molecule has 1 unspecified atom stereocenters. The molecular formula is C46H83NO8P+. The van der Waals surface area contributed by atoms with Crippen LogP contribution in [0.1, 0.15) is 168 Å². The standard InChI is InChI=1S/C46H82NO8P/c1-6-8-10-12-14-16-18-20-22-23-25-27-29-31-33-35-37-39-46(49)55-44(43-54-56(50,51)53-41-40-47(3,4)5)42-52-45(48)38-36-34-32-30-28-26-24-21-19-17-15-13-11-9-7-2/h14-17,20-22,24,28,30,44H,6-13,18-19,23,25-27,29,31-43H2,1-5H3/p+1/b16-14+,17-15+,22-20+,24-21+,30-28+/t44-/m1/s1. The van der Waals surface area contributed by atoms with Gasteiger partial charge in [0.15, 0.2) is 6.10 Å². The summed E-state index contributed by atoms with van der Waals surface area (Å²) in [5.41, 5.74) is 0. The topological polar surface area (TPSA) is 108 Å². The van der Waals surface area contributed by atoms with Crippen molar-refractivity contribution in [2.45, 2.75) is 174 Å². The van der Waals surface area contributed by atoms with Gasteiger partial charge in [-0.3, -0.25) is 18.6 Å². The molecule has 2 atom stereocenters. The number of esters is 2. The number of carbonyl (C=O) groups excluding carboxylic acids is 2. The summed E-state index contributed by atoms with van der Waals surface area (Å²) in [7, 11) is 1.44. The molecule has 0 aromatic rings. The van der Waals surface area contributed by atoms with E-state index in [-0.39, 0.29) is 26.1 Å². The Bertz CT molecular complexity index is 1140. The number of allylic oxidation sites excluding steroid dienone is 10. The molecule has 10 heteroatoms. The van der Waals surface area contributed by atoms with Crippen molar-refractivity contribution < 1.29 is 42.1 Å². The monoisotopic (exact) mass is 809 g/mol. The summed E-state index contributed by atoms with van der Waals surface area (Å²) in [4.78, 5) is 35.3. The molecule has 0 aliphatic carbocycles. The Labute approximate surface area is 343 Å². The minimum atomic E-state index is -4.39. The average molecular weight is 809 g/mol. The summed E-state index contributed by atoms with van der Waals surface area (Å²) < 4.78 is 34.2. The predicted molar refractivity (Wildman–Crippen MR) is 233 cm³/mol. The van der Waals surface area contributed by atoms with Gasteiger partial charge in [-0.15, -0.1) is 0 Å². The zero-order valence-electron chi connectivity index (χ0n) is 36.3. The van der Waals surface area contributed by atoms with E-state index in [1.807, 2.05) is 21.1 Å². The Balaban J connectivity index is 4.45. The highest BCUT2D eigenvalue weighted by molar-refractivity contribution is 7.47. The Morgan fingerprint density at radius 2 is 0.964 bits per heavy atom. The third kappa shape index (κ3) is 41.3. The molecule has 0 aliphatic rings. The highest BCUT2D eigenvalue weighted by atomic mass is 31.2. The molecule has 324 valence electrons. The number of quaternary nitrogens is 1. The van der Waals surface area contributed by atoms with E-state index in [4.69, 9.17) is 18.5 Å². The van der Waals surface area contributed by atoms with Gasteiger partial charge in [-0.25, -0.2) is 4.57 Å². The Hall–Kier alpha value is -2.29. The summed E-state index contributed by atoms with van der Waals surface area (Å²) in [6.45, 7) is 4.30. The van der Waals surface area contributed by atoms with E-state index in [1.54, 1.807) is 0 Å². The van der Waals surface area contributed by atoms with Gasteiger partial charge >= 0.3 is 19.8 Å². The molecule has 9 nitrogen and oxygen atoms in total. The van der Waals surface area contributed by atoms with E-state index in [0.29, 0.717) is 23.9 Å². The Morgan fingerprint density at radius 1 is 0.554 bits per heavy atom. The van der Waals surface area contributed by atoms with Crippen molar-refractivity contribution in [2.24, 2.45) is 0 Å².